The molecule has 144 valence electrons. The first-order chi connectivity index (χ1) is 13.9. The zero-order valence-electron chi connectivity index (χ0n) is 15.0. The van der Waals surface area contributed by atoms with Gasteiger partial charge in [0.2, 0.25) is 5.91 Å². The third-order valence-electron chi connectivity index (χ3n) is 5.10. The molecule has 0 aliphatic carbocycles. The summed E-state index contributed by atoms with van der Waals surface area (Å²) in [5, 5.41) is 2.93. The topological polar surface area (TPSA) is 111 Å². The molecule has 8 nitrogen and oxygen atoms in total. The first-order valence-corrected chi connectivity index (χ1v) is 9.00. The standard InChI is InChI=1S/C19H13ClFN7O/c1-19(10-3-2-9(20)6-11(10)21)14-15(22)25-16(26-17(14)27-18(19)29)12-8-28-5-4-23-13(28)7-24-12/h2-8H,1H3,(H3,22,25,26,27,29). The molecule has 0 saturated carbocycles. The normalized spacial score (nSPS) is 18.1. The number of rotatable bonds is 2. The van der Waals surface area contributed by atoms with Crippen LogP contribution in [-0.4, -0.2) is 30.2 Å². The van der Waals surface area contributed by atoms with Crippen molar-refractivity contribution in [2.75, 3.05) is 11.1 Å². The van der Waals surface area contributed by atoms with Crippen LogP contribution in [0.2, 0.25) is 5.02 Å². The highest BCUT2D eigenvalue weighted by atomic mass is 35.5. The van der Waals surface area contributed by atoms with Crippen LogP contribution in [0.1, 0.15) is 18.1 Å². The number of fused-ring (bicyclic) bond motifs is 2. The van der Waals surface area contributed by atoms with Gasteiger partial charge in [0, 0.05) is 29.2 Å². The summed E-state index contributed by atoms with van der Waals surface area (Å²) in [5.41, 5.74) is 6.40. The summed E-state index contributed by atoms with van der Waals surface area (Å²) in [5.74, 6) is -0.545. The number of halogens is 2. The molecule has 5 rings (SSSR count). The van der Waals surface area contributed by atoms with Crippen LogP contribution in [0.3, 0.4) is 0 Å². The molecule has 0 radical (unpaired) electrons. The van der Waals surface area contributed by atoms with Crippen LogP contribution in [0.25, 0.3) is 17.2 Å². The summed E-state index contributed by atoms with van der Waals surface area (Å²) in [6, 6.07) is 4.14. The zero-order valence-corrected chi connectivity index (χ0v) is 15.8. The number of hydrogen-bond donors (Lipinski definition) is 2. The van der Waals surface area contributed by atoms with Gasteiger partial charge in [0.1, 0.15) is 28.6 Å². The molecule has 0 spiro atoms. The molecule has 1 amide bonds. The van der Waals surface area contributed by atoms with E-state index < -0.39 is 17.1 Å². The Labute approximate surface area is 168 Å². The van der Waals surface area contributed by atoms with E-state index in [2.05, 4.69) is 25.3 Å². The monoisotopic (exact) mass is 409 g/mol. The Balaban J connectivity index is 1.68. The summed E-state index contributed by atoms with van der Waals surface area (Å²) >= 11 is 5.86. The minimum Gasteiger partial charge on any atom is -0.383 e. The molecule has 0 saturated heterocycles. The summed E-state index contributed by atoms with van der Waals surface area (Å²) < 4.78 is 16.4. The minimum absolute atomic E-state index is 0.0627. The predicted octanol–water partition coefficient (Wildman–Crippen LogP) is 2.82. The first kappa shape index (κ1) is 17.5. The maximum absolute atomic E-state index is 14.6. The number of amides is 1. The van der Waals surface area contributed by atoms with E-state index in [0.717, 1.165) is 6.07 Å². The zero-order chi connectivity index (χ0) is 20.3. The molecule has 1 aromatic carbocycles. The summed E-state index contributed by atoms with van der Waals surface area (Å²) in [7, 11) is 0. The second-order valence-electron chi connectivity index (χ2n) is 6.82. The van der Waals surface area contributed by atoms with Gasteiger partial charge in [0.05, 0.1) is 11.8 Å². The molecular weight excluding hydrogens is 397 g/mol. The van der Waals surface area contributed by atoms with Crippen LogP contribution >= 0.6 is 11.6 Å². The fourth-order valence-corrected chi connectivity index (χ4v) is 3.77. The van der Waals surface area contributed by atoms with E-state index in [-0.39, 0.29) is 28.0 Å². The number of aromatic nitrogens is 5. The van der Waals surface area contributed by atoms with E-state index >= 15 is 0 Å². The summed E-state index contributed by atoms with van der Waals surface area (Å²) in [6.07, 6.45) is 6.69. The highest BCUT2D eigenvalue weighted by Crippen LogP contribution is 2.45. The van der Waals surface area contributed by atoms with Crippen molar-refractivity contribution < 1.29 is 9.18 Å². The van der Waals surface area contributed by atoms with Gasteiger partial charge in [-0.15, -0.1) is 0 Å². The number of carbonyl (C=O) groups is 1. The van der Waals surface area contributed by atoms with Crippen molar-refractivity contribution in [2.45, 2.75) is 12.3 Å². The van der Waals surface area contributed by atoms with Crippen molar-refractivity contribution in [1.82, 2.24) is 24.3 Å². The van der Waals surface area contributed by atoms with Gasteiger partial charge in [-0.05, 0) is 19.1 Å². The van der Waals surface area contributed by atoms with E-state index in [1.807, 2.05) is 0 Å². The molecule has 3 aromatic heterocycles. The Morgan fingerprint density at radius 1 is 1.28 bits per heavy atom. The van der Waals surface area contributed by atoms with Gasteiger partial charge in [0.15, 0.2) is 11.5 Å². The number of carbonyl (C=O) groups excluding carboxylic acids is 1. The van der Waals surface area contributed by atoms with Crippen molar-refractivity contribution in [3.05, 3.63) is 65.0 Å². The third kappa shape index (κ3) is 2.47. The van der Waals surface area contributed by atoms with Gasteiger partial charge in [-0.3, -0.25) is 4.79 Å². The van der Waals surface area contributed by atoms with E-state index in [4.69, 9.17) is 17.3 Å². The van der Waals surface area contributed by atoms with Crippen LogP contribution in [0, 0.1) is 5.82 Å². The summed E-state index contributed by atoms with van der Waals surface area (Å²) in [4.78, 5) is 30.1. The quantitative estimate of drug-likeness (QED) is 0.526. The maximum Gasteiger partial charge on any atom is 0.240 e. The molecule has 29 heavy (non-hydrogen) atoms. The number of nitrogens with one attached hydrogen (secondary N) is 1. The van der Waals surface area contributed by atoms with Crippen molar-refractivity contribution in [1.29, 1.82) is 0 Å². The predicted molar refractivity (Wildman–Crippen MR) is 105 cm³/mol. The van der Waals surface area contributed by atoms with Gasteiger partial charge in [-0.1, -0.05) is 17.7 Å². The van der Waals surface area contributed by atoms with Gasteiger partial charge >= 0.3 is 0 Å². The van der Waals surface area contributed by atoms with E-state index in [1.165, 1.54) is 12.1 Å². The Morgan fingerprint density at radius 3 is 2.90 bits per heavy atom. The molecule has 1 aliphatic rings. The Hall–Kier alpha value is -3.59. The number of nitrogens with zero attached hydrogens (tertiary/aromatic N) is 5. The number of anilines is 2. The molecular formula is C19H13ClFN7O. The maximum atomic E-state index is 14.6. The van der Waals surface area contributed by atoms with Crippen LogP contribution in [0.5, 0.6) is 0 Å². The smallest absolute Gasteiger partial charge is 0.240 e. The highest BCUT2D eigenvalue weighted by molar-refractivity contribution is 6.30. The number of hydrogen-bond acceptors (Lipinski definition) is 6. The van der Waals surface area contributed by atoms with Crippen LogP contribution in [0.4, 0.5) is 16.0 Å². The SMILES string of the molecule is CC1(c2ccc(Cl)cc2F)C(=O)Nc2nc(-c3cn4ccnc4cn3)nc(N)c21. The van der Waals surface area contributed by atoms with Crippen molar-refractivity contribution in [3.63, 3.8) is 0 Å². The van der Waals surface area contributed by atoms with Crippen molar-refractivity contribution in [3.8, 4) is 11.5 Å². The Morgan fingerprint density at radius 2 is 2.10 bits per heavy atom. The second kappa shape index (κ2) is 5.95. The lowest BCUT2D eigenvalue weighted by Gasteiger charge is -2.24. The number of benzene rings is 1. The number of imidazole rings is 1. The number of nitrogen functional groups attached to an aromatic ring is 1. The Kier molecular flexibility index (Phi) is 3.59. The minimum atomic E-state index is -1.39. The molecule has 0 fully saturated rings. The molecule has 1 atom stereocenters. The highest BCUT2D eigenvalue weighted by Gasteiger charge is 2.49. The van der Waals surface area contributed by atoms with Crippen LogP contribution in [0.15, 0.2) is 43.0 Å². The number of nitrogens with two attached hydrogens (primary N) is 1. The van der Waals surface area contributed by atoms with Crippen LogP contribution < -0.4 is 11.1 Å². The second-order valence-corrected chi connectivity index (χ2v) is 7.26. The molecule has 3 N–H and O–H groups in total. The molecule has 1 unspecified atom stereocenters. The lowest BCUT2D eigenvalue weighted by Crippen LogP contribution is -2.34. The molecule has 10 heteroatoms. The fourth-order valence-electron chi connectivity index (χ4n) is 3.62. The molecule has 4 aromatic rings. The van der Waals surface area contributed by atoms with E-state index in [9.17, 15) is 9.18 Å². The fraction of sp³-hybridized carbons (Fsp3) is 0.105. The summed E-state index contributed by atoms with van der Waals surface area (Å²) in [6.45, 7) is 1.58. The van der Waals surface area contributed by atoms with Gasteiger partial charge in [-0.25, -0.2) is 24.3 Å². The molecule has 0 bridgehead atoms. The average Bonchev–Trinajstić information content (AvgIpc) is 3.24. The third-order valence-corrected chi connectivity index (χ3v) is 5.34. The molecule has 1 aliphatic heterocycles. The van der Waals surface area contributed by atoms with Gasteiger partial charge in [-0.2, -0.15) is 0 Å². The largest absolute Gasteiger partial charge is 0.383 e. The average molecular weight is 410 g/mol. The molecule has 4 heterocycles. The van der Waals surface area contributed by atoms with Gasteiger partial charge < -0.3 is 15.5 Å². The lowest BCUT2D eigenvalue weighted by molar-refractivity contribution is -0.119. The van der Waals surface area contributed by atoms with Crippen molar-refractivity contribution in [2.24, 2.45) is 0 Å². The van der Waals surface area contributed by atoms with E-state index in [1.54, 1.807) is 36.1 Å². The van der Waals surface area contributed by atoms with Gasteiger partial charge in [0.25, 0.3) is 0 Å². The lowest BCUT2D eigenvalue weighted by atomic mass is 9.77. The van der Waals surface area contributed by atoms with Crippen molar-refractivity contribution >= 4 is 34.8 Å². The Bertz CT molecular complexity index is 1320. The van der Waals surface area contributed by atoms with E-state index in [0.29, 0.717) is 16.9 Å². The first-order valence-electron chi connectivity index (χ1n) is 8.62. The van der Waals surface area contributed by atoms with Crippen LogP contribution in [-0.2, 0) is 10.2 Å².